The van der Waals surface area contributed by atoms with E-state index in [-0.39, 0.29) is 0 Å². The lowest BCUT2D eigenvalue weighted by Gasteiger charge is -2.08. The number of nitrogen functional groups attached to an aromatic ring is 1. The van der Waals surface area contributed by atoms with Gasteiger partial charge in [0.25, 0.3) is 0 Å². The lowest BCUT2D eigenvalue weighted by atomic mass is 10.1. The molecule has 0 fully saturated rings. The molecule has 0 unspecified atom stereocenters. The summed E-state index contributed by atoms with van der Waals surface area (Å²) in [5, 5.41) is 0. The van der Waals surface area contributed by atoms with Gasteiger partial charge in [-0.25, -0.2) is 9.97 Å². The molecule has 0 aliphatic carbocycles. The first-order chi connectivity index (χ1) is 6.70. The van der Waals surface area contributed by atoms with Crippen molar-refractivity contribution in [2.75, 3.05) is 12.3 Å². The molecule has 4 heteroatoms. The Morgan fingerprint density at radius 2 is 2.14 bits per heavy atom. The molecule has 0 saturated heterocycles. The van der Waals surface area contributed by atoms with E-state index in [1.54, 1.807) is 0 Å². The second-order valence-corrected chi connectivity index (χ2v) is 2.99. The van der Waals surface area contributed by atoms with E-state index in [9.17, 15) is 0 Å². The minimum Gasteiger partial charge on any atom is -0.383 e. The molecule has 0 amide bonds. The molecule has 4 nitrogen and oxygen atoms in total. The molecule has 1 heterocycles. The summed E-state index contributed by atoms with van der Waals surface area (Å²) in [5.74, 6) is 0.520. The van der Waals surface area contributed by atoms with Crippen LogP contribution in [0.1, 0.15) is 31.5 Å². The average molecular weight is 192 g/mol. The van der Waals surface area contributed by atoms with Gasteiger partial charge in [0.1, 0.15) is 12.1 Å². The molecule has 1 rings (SSSR count). The molecule has 14 heavy (non-hydrogen) atoms. The first kappa shape index (κ1) is 10.6. The molecule has 0 radical (unpaired) electrons. The van der Waals surface area contributed by atoms with Crippen molar-refractivity contribution in [1.82, 2.24) is 9.97 Å². The van der Waals surface area contributed by atoms with Crippen LogP contribution in [-0.4, -0.2) is 22.2 Å². The number of aliphatic imine (C=N–C) groups is 1. The Kier molecular flexibility index (Phi) is 3.56. The first-order valence-electron chi connectivity index (χ1n) is 4.81. The van der Waals surface area contributed by atoms with Crippen molar-refractivity contribution in [3.8, 4) is 0 Å². The molecule has 76 valence electrons. The highest BCUT2D eigenvalue weighted by atomic mass is 14.9. The Morgan fingerprint density at radius 1 is 1.43 bits per heavy atom. The van der Waals surface area contributed by atoms with Gasteiger partial charge in [-0.05, 0) is 20.3 Å². The molecular formula is C10H16N4. The van der Waals surface area contributed by atoms with Crippen molar-refractivity contribution >= 4 is 11.5 Å². The highest BCUT2D eigenvalue weighted by molar-refractivity contribution is 6.04. The molecule has 1 aromatic rings. The molecule has 1 aromatic heterocycles. The SMILES string of the molecule is CCN=C(CC)c1c(C)ncnc1N. The number of aromatic nitrogens is 2. The summed E-state index contributed by atoms with van der Waals surface area (Å²) in [6, 6.07) is 0. The van der Waals surface area contributed by atoms with Gasteiger partial charge in [-0.2, -0.15) is 0 Å². The smallest absolute Gasteiger partial charge is 0.136 e. The Bertz CT molecular complexity index is 324. The predicted molar refractivity (Wildman–Crippen MR) is 58.6 cm³/mol. The maximum atomic E-state index is 5.80. The largest absolute Gasteiger partial charge is 0.383 e. The molecule has 0 aliphatic rings. The van der Waals surface area contributed by atoms with Crippen LogP contribution in [0.15, 0.2) is 11.3 Å². The van der Waals surface area contributed by atoms with E-state index >= 15 is 0 Å². The van der Waals surface area contributed by atoms with Crippen molar-refractivity contribution < 1.29 is 0 Å². The van der Waals surface area contributed by atoms with Gasteiger partial charge >= 0.3 is 0 Å². The highest BCUT2D eigenvalue weighted by Crippen LogP contribution is 2.14. The lowest BCUT2D eigenvalue weighted by molar-refractivity contribution is 1.06. The molecule has 0 saturated carbocycles. The summed E-state index contributed by atoms with van der Waals surface area (Å²) in [4.78, 5) is 12.5. The monoisotopic (exact) mass is 192 g/mol. The summed E-state index contributed by atoms with van der Waals surface area (Å²) in [6.07, 6.45) is 2.33. The van der Waals surface area contributed by atoms with Crippen LogP contribution in [-0.2, 0) is 0 Å². The molecule has 0 aromatic carbocycles. The topological polar surface area (TPSA) is 64.2 Å². The van der Waals surface area contributed by atoms with E-state index in [2.05, 4.69) is 21.9 Å². The Labute approximate surface area is 84.3 Å². The number of hydrogen-bond acceptors (Lipinski definition) is 4. The standard InChI is InChI=1S/C10H16N4/c1-4-8(12-5-2)9-7(3)13-6-14-10(9)11/h6H,4-5H2,1-3H3,(H2,11,13,14). The lowest BCUT2D eigenvalue weighted by Crippen LogP contribution is -2.10. The van der Waals surface area contributed by atoms with Crippen LogP contribution in [0.25, 0.3) is 0 Å². The third kappa shape index (κ3) is 2.07. The number of nitrogens with zero attached hydrogens (tertiary/aromatic N) is 3. The van der Waals surface area contributed by atoms with Crippen LogP contribution in [0.5, 0.6) is 0 Å². The number of rotatable bonds is 3. The van der Waals surface area contributed by atoms with Crippen LogP contribution in [0.2, 0.25) is 0 Å². The molecule has 0 bridgehead atoms. The fraction of sp³-hybridized carbons (Fsp3) is 0.500. The zero-order valence-electron chi connectivity index (χ0n) is 8.91. The van der Waals surface area contributed by atoms with Crippen molar-refractivity contribution in [3.63, 3.8) is 0 Å². The van der Waals surface area contributed by atoms with Crippen LogP contribution in [0.4, 0.5) is 5.82 Å². The fourth-order valence-electron chi connectivity index (χ4n) is 1.41. The van der Waals surface area contributed by atoms with Crippen LogP contribution >= 0.6 is 0 Å². The zero-order chi connectivity index (χ0) is 10.6. The average Bonchev–Trinajstić information content (AvgIpc) is 2.16. The van der Waals surface area contributed by atoms with Crippen LogP contribution in [0.3, 0.4) is 0 Å². The maximum absolute atomic E-state index is 5.80. The number of nitrogens with two attached hydrogens (primary N) is 1. The molecular weight excluding hydrogens is 176 g/mol. The van der Waals surface area contributed by atoms with Gasteiger partial charge in [-0.1, -0.05) is 6.92 Å². The third-order valence-electron chi connectivity index (χ3n) is 2.04. The minimum absolute atomic E-state index is 0.520. The second kappa shape index (κ2) is 4.69. The van der Waals surface area contributed by atoms with E-state index < -0.39 is 0 Å². The summed E-state index contributed by atoms with van der Waals surface area (Å²) in [5.41, 5.74) is 8.58. The van der Waals surface area contributed by atoms with Crippen molar-refractivity contribution in [3.05, 3.63) is 17.6 Å². The number of hydrogen-bond donors (Lipinski definition) is 1. The van der Waals surface area contributed by atoms with Gasteiger partial charge in [0, 0.05) is 12.3 Å². The van der Waals surface area contributed by atoms with Gasteiger partial charge in [-0.3, -0.25) is 4.99 Å². The van der Waals surface area contributed by atoms with Crippen molar-refractivity contribution in [1.29, 1.82) is 0 Å². The summed E-state index contributed by atoms with van der Waals surface area (Å²) in [7, 11) is 0. The first-order valence-corrected chi connectivity index (χ1v) is 4.81. The van der Waals surface area contributed by atoms with E-state index in [1.807, 2.05) is 13.8 Å². The van der Waals surface area contributed by atoms with E-state index in [1.165, 1.54) is 6.33 Å². The second-order valence-electron chi connectivity index (χ2n) is 2.99. The van der Waals surface area contributed by atoms with E-state index in [0.29, 0.717) is 5.82 Å². The molecule has 0 spiro atoms. The van der Waals surface area contributed by atoms with Crippen LogP contribution < -0.4 is 5.73 Å². The van der Waals surface area contributed by atoms with Gasteiger partial charge in [-0.15, -0.1) is 0 Å². The normalized spacial score (nSPS) is 11.8. The maximum Gasteiger partial charge on any atom is 0.136 e. The predicted octanol–water partition coefficient (Wildman–Crippen LogP) is 1.59. The van der Waals surface area contributed by atoms with E-state index in [4.69, 9.17) is 5.73 Å². The van der Waals surface area contributed by atoms with Gasteiger partial charge < -0.3 is 5.73 Å². The summed E-state index contributed by atoms with van der Waals surface area (Å²) < 4.78 is 0. The minimum atomic E-state index is 0.520. The van der Waals surface area contributed by atoms with Gasteiger partial charge in [0.05, 0.1) is 11.3 Å². The third-order valence-corrected chi connectivity index (χ3v) is 2.04. The van der Waals surface area contributed by atoms with Crippen molar-refractivity contribution in [2.45, 2.75) is 27.2 Å². The molecule has 0 atom stereocenters. The zero-order valence-corrected chi connectivity index (χ0v) is 8.91. The highest BCUT2D eigenvalue weighted by Gasteiger charge is 2.10. The van der Waals surface area contributed by atoms with Crippen LogP contribution in [0, 0.1) is 6.92 Å². The Balaban J connectivity index is 3.22. The van der Waals surface area contributed by atoms with Gasteiger partial charge in [0.2, 0.25) is 0 Å². The molecule has 2 N–H and O–H groups in total. The van der Waals surface area contributed by atoms with Gasteiger partial charge in [0.15, 0.2) is 0 Å². The summed E-state index contributed by atoms with van der Waals surface area (Å²) >= 11 is 0. The van der Waals surface area contributed by atoms with Crippen molar-refractivity contribution in [2.24, 2.45) is 4.99 Å². The van der Waals surface area contributed by atoms with E-state index in [0.717, 1.165) is 29.9 Å². The number of anilines is 1. The Morgan fingerprint density at radius 3 is 2.64 bits per heavy atom. The fourth-order valence-corrected chi connectivity index (χ4v) is 1.41. The summed E-state index contributed by atoms with van der Waals surface area (Å²) in [6.45, 7) is 6.75. The molecule has 0 aliphatic heterocycles. The Hall–Kier alpha value is -1.45. The quantitative estimate of drug-likeness (QED) is 0.739. The number of aryl methyl sites for hydroxylation is 1.